The van der Waals surface area contributed by atoms with Crippen molar-refractivity contribution in [3.05, 3.63) is 38.7 Å². The zero-order valence-electron chi connectivity index (χ0n) is 13.6. The van der Waals surface area contributed by atoms with Crippen LogP contribution in [0.5, 0.6) is 5.88 Å². The summed E-state index contributed by atoms with van der Waals surface area (Å²) >= 11 is 6.47. The molecule has 1 aromatic heterocycles. The molecular weight excluding hydrogens is 356 g/mol. The van der Waals surface area contributed by atoms with E-state index in [-0.39, 0.29) is 5.88 Å². The van der Waals surface area contributed by atoms with Crippen molar-refractivity contribution in [3.8, 4) is 5.88 Å². The van der Waals surface area contributed by atoms with Gasteiger partial charge in [0.1, 0.15) is 0 Å². The number of aromatic hydroxyl groups is 1. The lowest BCUT2D eigenvalue weighted by Crippen LogP contribution is -2.33. The normalized spacial score (nSPS) is 15.5. The smallest absolute Gasteiger partial charge is 0.211 e. The van der Waals surface area contributed by atoms with Gasteiger partial charge in [0.25, 0.3) is 0 Å². The van der Waals surface area contributed by atoms with Gasteiger partial charge < -0.3 is 15.0 Å². The molecule has 0 saturated carbocycles. The standard InChI is InChI=1S/C18H18N2O3S2/c1-2-3-8-14(17(22)23)20-16(21)15(25-18(20)24)9-11-10-19-13-7-5-4-6-12(11)13/h4-7,9-10,14,21H,2-3,8H2,1H3,(H,22,23)/p-1. The minimum atomic E-state index is -1.23. The number of benzene rings is 1. The summed E-state index contributed by atoms with van der Waals surface area (Å²) in [6, 6.07) is 6.74. The molecule has 1 N–H and O–H groups in total. The molecule has 0 aliphatic carbocycles. The van der Waals surface area contributed by atoms with E-state index in [4.69, 9.17) is 12.2 Å². The molecule has 1 aliphatic rings. The molecule has 3 rings (SSSR count). The zero-order chi connectivity index (χ0) is 18.0. The minimum absolute atomic E-state index is 0.134. The number of allylic oxidation sites excluding steroid dienone is 1. The summed E-state index contributed by atoms with van der Waals surface area (Å²) in [5, 5.41) is 22.1. The van der Waals surface area contributed by atoms with E-state index in [0.717, 1.165) is 23.2 Å². The molecular formula is C18H17N2O3S2-. The van der Waals surface area contributed by atoms with Crippen LogP contribution in [0.1, 0.15) is 42.7 Å². The van der Waals surface area contributed by atoms with Crippen molar-refractivity contribution >= 4 is 53.1 Å². The Balaban J connectivity index is 2.01. The van der Waals surface area contributed by atoms with Crippen LogP contribution in [0.4, 0.5) is 5.69 Å². The van der Waals surface area contributed by atoms with Crippen LogP contribution in [0.25, 0.3) is 11.6 Å². The Morgan fingerprint density at radius 1 is 1.48 bits per heavy atom. The first-order chi connectivity index (χ1) is 12.0. The summed E-state index contributed by atoms with van der Waals surface area (Å²) in [5.41, 5.74) is 2.69. The molecule has 1 unspecified atom stereocenters. The molecule has 2 aromatic rings. The summed E-state index contributed by atoms with van der Waals surface area (Å²) in [7, 11) is 0. The molecule has 25 heavy (non-hydrogen) atoms. The van der Waals surface area contributed by atoms with E-state index in [1.165, 1.54) is 15.9 Å². The van der Waals surface area contributed by atoms with Gasteiger partial charge in [-0.05, 0) is 30.8 Å². The van der Waals surface area contributed by atoms with Crippen LogP contribution in [0.3, 0.4) is 0 Å². The predicted molar refractivity (Wildman–Crippen MR) is 101 cm³/mol. The second-order valence-corrected chi connectivity index (χ2v) is 7.45. The van der Waals surface area contributed by atoms with E-state index in [0.29, 0.717) is 21.7 Å². The number of para-hydroxylation sites is 1. The first kappa shape index (κ1) is 17.6. The molecule has 2 heterocycles. The Kier molecular flexibility index (Phi) is 5.15. The molecule has 0 amide bonds. The van der Waals surface area contributed by atoms with Crippen LogP contribution in [-0.2, 0) is 4.79 Å². The number of fused-ring (bicyclic) bond motifs is 1. The number of rotatable bonds is 6. The van der Waals surface area contributed by atoms with Gasteiger partial charge in [-0.15, -0.1) is 11.3 Å². The predicted octanol–water partition coefficient (Wildman–Crippen LogP) is 3.72. The van der Waals surface area contributed by atoms with Crippen LogP contribution in [0.15, 0.2) is 29.3 Å². The highest BCUT2D eigenvalue weighted by molar-refractivity contribution is 7.73. The van der Waals surface area contributed by atoms with Crippen LogP contribution in [0, 0.1) is 3.95 Å². The molecule has 0 spiro atoms. The summed E-state index contributed by atoms with van der Waals surface area (Å²) in [4.78, 5) is 16.4. The Labute approximate surface area is 154 Å². The monoisotopic (exact) mass is 373 g/mol. The quantitative estimate of drug-likeness (QED) is 0.783. The first-order valence-corrected chi connectivity index (χ1v) is 9.25. The molecule has 5 nitrogen and oxygen atoms in total. The van der Waals surface area contributed by atoms with Crippen molar-refractivity contribution < 1.29 is 15.0 Å². The van der Waals surface area contributed by atoms with Gasteiger partial charge in [0.05, 0.1) is 22.6 Å². The Bertz CT molecular complexity index is 925. The van der Waals surface area contributed by atoms with Crippen molar-refractivity contribution in [2.75, 3.05) is 0 Å². The number of carboxylic acids is 1. The second kappa shape index (κ2) is 7.33. The van der Waals surface area contributed by atoms with Crippen LogP contribution in [0.2, 0.25) is 0 Å². The third kappa shape index (κ3) is 3.43. The third-order valence-electron chi connectivity index (χ3n) is 4.10. The van der Waals surface area contributed by atoms with Crippen molar-refractivity contribution in [2.24, 2.45) is 4.99 Å². The highest BCUT2D eigenvalue weighted by Gasteiger charge is 2.21. The fourth-order valence-electron chi connectivity index (χ4n) is 2.81. The Morgan fingerprint density at radius 2 is 2.24 bits per heavy atom. The van der Waals surface area contributed by atoms with Crippen LogP contribution < -0.4 is 5.11 Å². The fraction of sp³-hybridized carbons (Fsp3) is 0.278. The van der Waals surface area contributed by atoms with E-state index < -0.39 is 12.0 Å². The number of thiazole rings is 1. The fourth-order valence-corrected chi connectivity index (χ4v) is 4.17. The lowest BCUT2D eigenvalue weighted by Gasteiger charge is -2.20. The van der Waals surface area contributed by atoms with Crippen molar-refractivity contribution in [1.29, 1.82) is 0 Å². The highest BCUT2D eigenvalue weighted by atomic mass is 32.1. The molecule has 130 valence electrons. The van der Waals surface area contributed by atoms with E-state index in [1.54, 1.807) is 12.3 Å². The highest BCUT2D eigenvalue weighted by Crippen LogP contribution is 2.37. The van der Waals surface area contributed by atoms with Crippen molar-refractivity contribution in [1.82, 2.24) is 4.57 Å². The van der Waals surface area contributed by atoms with Gasteiger partial charge in [-0.2, -0.15) is 0 Å². The Hall–Kier alpha value is -2.25. The maximum absolute atomic E-state index is 11.5. The van der Waals surface area contributed by atoms with E-state index in [2.05, 4.69) is 4.99 Å². The lowest BCUT2D eigenvalue weighted by molar-refractivity contribution is -0.310. The number of unbranched alkanes of at least 4 members (excludes halogenated alkanes) is 1. The summed E-state index contributed by atoms with van der Waals surface area (Å²) < 4.78 is 1.60. The van der Waals surface area contributed by atoms with Gasteiger partial charge in [-0.3, -0.25) is 9.56 Å². The van der Waals surface area contributed by atoms with E-state index >= 15 is 0 Å². The SMILES string of the molecule is CCCCC(C(=O)[O-])n1c(O)c(C=C2C=Nc3ccccc32)sc1=S. The van der Waals surface area contributed by atoms with Gasteiger partial charge in [0, 0.05) is 17.4 Å². The molecule has 7 heteroatoms. The average molecular weight is 373 g/mol. The van der Waals surface area contributed by atoms with Gasteiger partial charge in [-0.25, -0.2) is 0 Å². The van der Waals surface area contributed by atoms with E-state index in [1.807, 2.05) is 31.2 Å². The minimum Gasteiger partial charge on any atom is -0.548 e. The molecule has 0 bridgehead atoms. The Morgan fingerprint density at radius 3 is 2.96 bits per heavy atom. The maximum Gasteiger partial charge on any atom is 0.211 e. The third-order valence-corrected chi connectivity index (χ3v) is 5.44. The number of carboxylic acid groups (broad SMARTS) is 1. The van der Waals surface area contributed by atoms with Gasteiger partial charge in [-0.1, -0.05) is 38.0 Å². The zero-order valence-corrected chi connectivity index (χ0v) is 15.3. The number of hydrogen-bond acceptors (Lipinski definition) is 6. The molecule has 0 fully saturated rings. The van der Waals surface area contributed by atoms with Crippen LogP contribution in [-0.4, -0.2) is 21.9 Å². The first-order valence-electron chi connectivity index (χ1n) is 8.03. The van der Waals surface area contributed by atoms with Gasteiger partial charge >= 0.3 is 0 Å². The van der Waals surface area contributed by atoms with Crippen LogP contribution >= 0.6 is 23.6 Å². The molecule has 1 aromatic carbocycles. The molecule has 0 radical (unpaired) electrons. The summed E-state index contributed by atoms with van der Waals surface area (Å²) in [6.45, 7) is 1.98. The maximum atomic E-state index is 11.5. The van der Waals surface area contributed by atoms with Crippen molar-refractivity contribution in [3.63, 3.8) is 0 Å². The second-order valence-electron chi connectivity index (χ2n) is 5.78. The molecule has 1 atom stereocenters. The summed E-state index contributed by atoms with van der Waals surface area (Å²) in [5.74, 6) is -1.37. The van der Waals surface area contributed by atoms with Gasteiger partial charge in [0.15, 0.2) is 3.95 Å². The van der Waals surface area contributed by atoms with E-state index in [9.17, 15) is 15.0 Å². The number of nitrogens with zero attached hydrogens (tertiary/aromatic N) is 2. The number of hydrogen-bond donors (Lipinski definition) is 1. The molecule has 1 aliphatic heterocycles. The average Bonchev–Trinajstić information content (AvgIpc) is 3.11. The topological polar surface area (TPSA) is 77.6 Å². The van der Waals surface area contributed by atoms with Gasteiger partial charge in [0.2, 0.25) is 5.88 Å². The number of aromatic nitrogens is 1. The number of carbonyl (C=O) groups is 1. The van der Waals surface area contributed by atoms with Crippen molar-refractivity contribution in [2.45, 2.75) is 32.2 Å². The number of carbonyl (C=O) groups excluding carboxylic acids is 1. The molecule has 0 saturated heterocycles. The number of aliphatic carboxylic acids is 1. The summed E-state index contributed by atoms with van der Waals surface area (Å²) in [6.07, 6.45) is 5.45. The largest absolute Gasteiger partial charge is 0.548 e. The number of aliphatic imine (C=N–C) groups is 1. The lowest BCUT2D eigenvalue weighted by atomic mass is 10.1.